The molecule has 0 aliphatic heterocycles. The van der Waals surface area contributed by atoms with Gasteiger partial charge in [-0.05, 0) is 71.2 Å². The normalized spacial score (nSPS) is 9.71. The van der Waals surface area contributed by atoms with E-state index >= 15 is 0 Å². The lowest BCUT2D eigenvalue weighted by Gasteiger charge is -2.09. The Morgan fingerprint density at radius 3 is 2.41 bits per heavy atom. The van der Waals surface area contributed by atoms with Gasteiger partial charge in [0.05, 0.1) is 11.9 Å². The Labute approximate surface area is 119 Å². The van der Waals surface area contributed by atoms with Crippen LogP contribution in [0.25, 0.3) is 0 Å². The van der Waals surface area contributed by atoms with Crippen LogP contribution in [-0.2, 0) is 0 Å². The van der Waals surface area contributed by atoms with Crippen molar-refractivity contribution in [2.24, 2.45) is 0 Å². The molecule has 0 saturated heterocycles. The Bertz CT molecular complexity index is 499. The molecule has 0 radical (unpaired) electrons. The van der Waals surface area contributed by atoms with E-state index in [1.54, 1.807) is 12.4 Å². The maximum atomic E-state index is 5.20. The van der Waals surface area contributed by atoms with Crippen LogP contribution in [0.2, 0.25) is 0 Å². The fourth-order valence-electron chi connectivity index (χ4n) is 1.26. The summed E-state index contributed by atoms with van der Waals surface area (Å²) in [4.78, 5) is 4.01. The monoisotopic (exact) mass is 355 g/mol. The summed E-state index contributed by atoms with van der Waals surface area (Å²) >= 11 is 7.46. The number of pyridine rings is 1. The number of hydrogen-bond acceptors (Lipinski definition) is 2. The molecule has 0 saturated carbocycles. The number of benzene rings is 1. The maximum absolute atomic E-state index is 5.20. The molecule has 0 aliphatic carbocycles. The van der Waals surface area contributed by atoms with Gasteiger partial charge in [0.2, 0.25) is 0 Å². The molecule has 86 valence electrons. The van der Waals surface area contributed by atoms with Gasteiger partial charge in [0.25, 0.3) is 0 Å². The number of thiocarbonyl (C=S) groups is 1. The zero-order valence-corrected chi connectivity index (χ0v) is 11.8. The average Bonchev–Trinajstić information content (AvgIpc) is 2.33. The van der Waals surface area contributed by atoms with Crippen molar-refractivity contribution in [1.29, 1.82) is 0 Å². The third-order valence-corrected chi connectivity index (χ3v) is 2.94. The largest absolute Gasteiger partial charge is 0.332 e. The molecule has 0 atom stereocenters. The Kier molecular flexibility index (Phi) is 4.27. The summed E-state index contributed by atoms with van der Waals surface area (Å²) in [6, 6.07) is 11.8. The van der Waals surface area contributed by atoms with Gasteiger partial charge in [0.15, 0.2) is 5.11 Å². The Morgan fingerprint density at radius 2 is 1.76 bits per heavy atom. The van der Waals surface area contributed by atoms with Crippen LogP contribution in [0.4, 0.5) is 11.4 Å². The molecule has 0 fully saturated rings. The molecule has 0 aliphatic rings. The van der Waals surface area contributed by atoms with Crippen molar-refractivity contribution in [2.45, 2.75) is 0 Å². The van der Waals surface area contributed by atoms with E-state index in [2.05, 4.69) is 38.2 Å². The zero-order valence-electron chi connectivity index (χ0n) is 8.85. The second-order valence-corrected chi connectivity index (χ2v) is 4.98. The SMILES string of the molecule is S=C(Nc1ccc(I)cc1)Nc1cccnc1. The van der Waals surface area contributed by atoms with Crippen LogP contribution in [0.5, 0.6) is 0 Å². The predicted octanol–water partition coefficient (Wildman–Crippen LogP) is 3.50. The smallest absolute Gasteiger partial charge is 0.175 e. The summed E-state index contributed by atoms with van der Waals surface area (Å²) in [5, 5.41) is 6.72. The van der Waals surface area contributed by atoms with Crippen molar-refractivity contribution in [3.05, 3.63) is 52.4 Å². The predicted molar refractivity (Wildman–Crippen MR) is 83.2 cm³/mol. The van der Waals surface area contributed by atoms with Crippen molar-refractivity contribution in [2.75, 3.05) is 10.6 Å². The molecule has 5 heteroatoms. The highest BCUT2D eigenvalue weighted by Crippen LogP contribution is 2.12. The minimum Gasteiger partial charge on any atom is -0.332 e. The third-order valence-electron chi connectivity index (χ3n) is 2.02. The molecule has 17 heavy (non-hydrogen) atoms. The van der Waals surface area contributed by atoms with Crippen LogP contribution in [0.3, 0.4) is 0 Å². The van der Waals surface area contributed by atoms with E-state index in [1.165, 1.54) is 3.57 Å². The summed E-state index contributed by atoms with van der Waals surface area (Å²) < 4.78 is 1.19. The lowest BCUT2D eigenvalue weighted by atomic mass is 10.3. The average molecular weight is 355 g/mol. The van der Waals surface area contributed by atoms with Crippen LogP contribution < -0.4 is 10.6 Å². The topological polar surface area (TPSA) is 37.0 Å². The van der Waals surface area contributed by atoms with Crippen LogP contribution >= 0.6 is 34.8 Å². The molecule has 2 rings (SSSR count). The molecule has 0 amide bonds. The summed E-state index contributed by atoms with van der Waals surface area (Å²) in [7, 11) is 0. The lowest BCUT2D eigenvalue weighted by molar-refractivity contribution is 1.33. The summed E-state index contributed by atoms with van der Waals surface area (Å²) in [5.41, 5.74) is 1.84. The first kappa shape index (κ1) is 12.3. The van der Waals surface area contributed by atoms with Gasteiger partial charge in [-0.25, -0.2) is 0 Å². The molecule has 0 unspecified atom stereocenters. The van der Waals surface area contributed by atoms with Gasteiger partial charge in [-0.2, -0.15) is 0 Å². The summed E-state index contributed by atoms with van der Waals surface area (Å²) in [6.45, 7) is 0. The van der Waals surface area contributed by atoms with Crippen molar-refractivity contribution in [3.63, 3.8) is 0 Å². The fourth-order valence-corrected chi connectivity index (χ4v) is 1.86. The van der Waals surface area contributed by atoms with E-state index in [0.29, 0.717) is 5.11 Å². The van der Waals surface area contributed by atoms with Gasteiger partial charge in [-0.1, -0.05) is 0 Å². The van der Waals surface area contributed by atoms with Crippen molar-refractivity contribution in [3.8, 4) is 0 Å². The Morgan fingerprint density at radius 1 is 1.06 bits per heavy atom. The number of anilines is 2. The van der Waals surface area contributed by atoms with Gasteiger partial charge in [-0.3, -0.25) is 4.98 Å². The quantitative estimate of drug-likeness (QED) is 0.639. The van der Waals surface area contributed by atoms with E-state index < -0.39 is 0 Å². The first-order valence-corrected chi connectivity index (χ1v) is 6.46. The maximum Gasteiger partial charge on any atom is 0.175 e. The Balaban J connectivity index is 1.96. The van der Waals surface area contributed by atoms with E-state index in [1.807, 2.05) is 36.4 Å². The minimum absolute atomic E-state index is 0.555. The summed E-state index contributed by atoms with van der Waals surface area (Å²) in [5.74, 6) is 0. The van der Waals surface area contributed by atoms with Gasteiger partial charge in [0.1, 0.15) is 0 Å². The lowest BCUT2D eigenvalue weighted by Crippen LogP contribution is -2.18. The Hall–Kier alpha value is -1.21. The van der Waals surface area contributed by atoms with Crippen LogP contribution in [0.1, 0.15) is 0 Å². The third kappa shape index (κ3) is 3.94. The highest BCUT2D eigenvalue weighted by Gasteiger charge is 1.98. The molecular formula is C12H10IN3S. The van der Waals surface area contributed by atoms with Gasteiger partial charge < -0.3 is 10.6 Å². The molecule has 1 aromatic carbocycles. The standard InChI is InChI=1S/C12H10IN3S/c13-9-3-5-10(6-4-9)15-12(17)16-11-2-1-7-14-8-11/h1-8H,(H2,15,16,17). The first-order chi connectivity index (χ1) is 8.24. The zero-order chi connectivity index (χ0) is 12.1. The highest BCUT2D eigenvalue weighted by molar-refractivity contribution is 14.1. The van der Waals surface area contributed by atoms with E-state index in [9.17, 15) is 0 Å². The molecule has 0 spiro atoms. The van der Waals surface area contributed by atoms with Gasteiger partial charge in [0, 0.05) is 15.5 Å². The van der Waals surface area contributed by atoms with E-state index in [4.69, 9.17) is 12.2 Å². The number of rotatable bonds is 2. The molecule has 2 N–H and O–H groups in total. The van der Waals surface area contributed by atoms with Crippen molar-refractivity contribution in [1.82, 2.24) is 4.98 Å². The fraction of sp³-hybridized carbons (Fsp3) is 0. The summed E-state index contributed by atoms with van der Waals surface area (Å²) in [6.07, 6.45) is 3.45. The number of nitrogens with one attached hydrogen (secondary N) is 2. The van der Waals surface area contributed by atoms with Crippen molar-refractivity contribution < 1.29 is 0 Å². The number of aromatic nitrogens is 1. The molecule has 0 bridgehead atoms. The van der Waals surface area contributed by atoms with Crippen LogP contribution in [-0.4, -0.2) is 10.1 Å². The number of halogens is 1. The minimum atomic E-state index is 0.555. The first-order valence-electron chi connectivity index (χ1n) is 4.97. The van der Waals surface area contributed by atoms with Gasteiger partial charge >= 0.3 is 0 Å². The second-order valence-electron chi connectivity index (χ2n) is 3.33. The molecule has 3 nitrogen and oxygen atoms in total. The molecule has 2 aromatic rings. The van der Waals surface area contributed by atoms with Crippen molar-refractivity contribution >= 4 is 51.3 Å². The van der Waals surface area contributed by atoms with E-state index in [-0.39, 0.29) is 0 Å². The molecular weight excluding hydrogens is 345 g/mol. The number of hydrogen-bond donors (Lipinski definition) is 2. The molecule has 1 heterocycles. The van der Waals surface area contributed by atoms with Crippen LogP contribution in [0.15, 0.2) is 48.8 Å². The van der Waals surface area contributed by atoms with Crippen LogP contribution in [0, 0.1) is 3.57 Å². The van der Waals surface area contributed by atoms with E-state index in [0.717, 1.165) is 11.4 Å². The number of nitrogens with zero attached hydrogens (tertiary/aromatic N) is 1. The second kappa shape index (κ2) is 5.92. The highest BCUT2D eigenvalue weighted by atomic mass is 127. The van der Waals surface area contributed by atoms with Gasteiger partial charge in [-0.15, -0.1) is 0 Å². The molecule has 1 aromatic heterocycles.